The highest BCUT2D eigenvalue weighted by atomic mass is 35.5. The van der Waals surface area contributed by atoms with Gasteiger partial charge in [-0.1, -0.05) is 45.0 Å². The first-order valence-electron chi connectivity index (χ1n) is 14.2. The standard InChI is InChI=1S/C36H34Cl2O4/c1-35(2,3)26-20-22-36(23-21-26,27-8-16-31(17-9-27)41-29-12-4-24(5-13-29)33(37)39)28-10-18-32(19-11-28)42-30-14-6-25(7-15-30)34(38)40/h4-19,26H,20-23H2,1-3H3. The van der Waals surface area contributed by atoms with E-state index in [0.29, 0.717) is 28.5 Å². The molecule has 0 bridgehead atoms. The van der Waals surface area contributed by atoms with E-state index in [4.69, 9.17) is 32.7 Å². The zero-order valence-electron chi connectivity index (χ0n) is 24.0. The van der Waals surface area contributed by atoms with E-state index in [2.05, 4.69) is 45.0 Å². The molecule has 1 saturated carbocycles. The smallest absolute Gasteiger partial charge is 0.252 e. The molecule has 4 nitrogen and oxygen atoms in total. The lowest BCUT2D eigenvalue weighted by molar-refractivity contribution is 0.107. The molecule has 4 aromatic rings. The normalized spacial score (nSPS) is 15.2. The second-order valence-electron chi connectivity index (χ2n) is 12.1. The van der Waals surface area contributed by atoms with Crippen LogP contribution in [0, 0.1) is 11.3 Å². The summed E-state index contributed by atoms with van der Waals surface area (Å²) in [6, 6.07) is 30.4. The Morgan fingerprint density at radius 1 is 0.595 bits per heavy atom. The lowest BCUT2D eigenvalue weighted by atomic mass is 9.59. The molecule has 42 heavy (non-hydrogen) atoms. The Bertz CT molecular complexity index is 1420. The van der Waals surface area contributed by atoms with Crippen molar-refractivity contribution < 1.29 is 19.1 Å². The molecule has 0 aromatic heterocycles. The number of rotatable bonds is 8. The second-order valence-corrected chi connectivity index (χ2v) is 12.8. The predicted octanol–water partition coefficient (Wildman–Crippen LogP) is 10.6. The van der Waals surface area contributed by atoms with Crippen molar-refractivity contribution in [2.75, 3.05) is 0 Å². The molecule has 1 fully saturated rings. The molecule has 0 saturated heterocycles. The zero-order valence-corrected chi connectivity index (χ0v) is 25.5. The fraction of sp³-hybridized carbons (Fsp3) is 0.278. The summed E-state index contributed by atoms with van der Waals surface area (Å²) in [5.74, 6) is 3.41. The highest BCUT2D eigenvalue weighted by molar-refractivity contribution is 6.68. The zero-order chi connectivity index (χ0) is 29.9. The minimum Gasteiger partial charge on any atom is -0.457 e. The Kier molecular flexibility index (Phi) is 8.77. The summed E-state index contributed by atoms with van der Waals surface area (Å²) in [5.41, 5.74) is 3.55. The van der Waals surface area contributed by atoms with Gasteiger partial charge >= 0.3 is 0 Å². The van der Waals surface area contributed by atoms with E-state index in [0.717, 1.165) is 37.2 Å². The van der Waals surface area contributed by atoms with E-state index in [1.807, 2.05) is 24.3 Å². The Balaban J connectivity index is 1.38. The summed E-state index contributed by atoms with van der Waals surface area (Å²) in [6.07, 6.45) is 4.41. The van der Waals surface area contributed by atoms with Gasteiger partial charge in [0.1, 0.15) is 23.0 Å². The Morgan fingerprint density at radius 2 is 0.905 bits per heavy atom. The Morgan fingerprint density at radius 3 is 1.19 bits per heavy atom. The van der Waals surface area contributed by atoms with E-state index in [9.17, 15) is 9.59 Å². The van der Waals surface area contributed by atoms with Gasteiger partial charge < -0.3 is 9.47 Å². The van der Waals surface area contributed by atoms with Crippen LogP contribution in [-0.4, -0.2) is 10.5 Å². The van der Waals surface area contributed by atoms with E-state index < -0.39 is 10.5 Å². The first-order valence-corrected chi connectivity index (χ1v) is 15.0. The second kappa shape index (κ2) is 12.3. The summed E-state index contributed by atoms with van der Waals surface area (Å²) < 4.78 is 12.1. The summed E-state index contributed by atoms with van der Waals surface area (Å²) in [6.45, 7) is 7.02. The van der Waals surface area contributed by atoms with Gasteiger partial charge in [-0.05, 0) is 144 Å². The molecule has 4 aromatic carbocycles. The fourth-order valence-corrected chi connectivity index (χ4v) is 6.24. The van der Waals surface area contributed by atoms with E-state index in [-0.39, 0.29) is 10.8 Å². The van der Waals surface area contributed by atoms with Gasteiger partial charge in [0.15, 0.2) is 0 Å². The van der Waals surface area contributed by atoms with Crippen LogP contribution in [0.1, 0.15) is 78.3 Å². The van der Waals surface area contributed by atoms with E-state index in [1.165, 1.54) is 11.1 Å². The quantitative estimate of drug-likeness (QED) is 0.189. The van der Waals surface area contributed by atoms with Crippen LogP contribution in [0.4, 0.5) is 0 Å². The molecule has 5 rings (SSSR count). The molecule has 0 unspecified atom stereocenters. The number of benzene rings is 4. The molecule has 0 amide bonds. The molecule has 1 aliphatic carbocycles. The van der Waals surface area contributed by atoms with Crippen LogP contribution < -0.4 is 9.47 Å². The summed E-state index contributed by atoms with van der Waals surface area (Å²) in [7, 11) is 0. The van der Waals surface area contributed by atoms with Crippen molar-refractivity contribution in [3.63, 3.8) is 0 Å². The van der Waals surface area contributed by atoms with Gasteiger partial charge in [0, 0.05) is 16.5 Å². The van der Waals surface area contributed by atoms with Crippen LogP contribution in [-0.2, 0) is 5.41 Å². The first-order chi connectivity index (χ1) is 20.0. The Labute approximate surface area is 257 Å². The summed E-state index contributed by atoms with van der Waals surface area (Å²) in [4.78, 5) is 22.7. The van der Waals surface area contributed by atoms with Crippen molar-refractivity contribution in [1.82, 2.24) is 0 Å². The van der Waals surface area contributed by atoms with Gasteiger partial charge in [0.25, 0.3) is 10.5 Å². The van der Waals surface area contributed by atoms with Gasteiger partial charge in [-0.3, -0.25) is 9.59 Å². The van der Waals surface area contributed by atoms with Crippen LogP contribution in [0.3, 0.4) is 0 Å². The van der Waals surface area contributed by atoms with E-state index in [1.54, 1.807) is 48.5 Å². The van der Waals surface area contributed by atoms with Crippen molar-refractivity contribution in [1.29, 1.82) is 0 Å². The maximum absolute atomic E-state index is 11.4. The van der Waals surface area contributed by atoms with Gasteiger partial charge in [-0.25, -0.2) is 0 Å². The highest BCUT2D eigenvalue weighted by Gasteiger charge is 2.41. The highest BCUT2D eigenvalue weighted by Crippen LogP contribution is 2.50. The molecule has 0 spiro atoms. The van der Waals surface area contributed by atoms with Gasteiger partial charge in [-0.15, -0.1) is 0 Å². The minimum atomic E-state index is -0.490. The molecule has 1 aliphatic rings. The molecule has 0 N–H and O–H groups in total. The lowest BCUT2D eigenvalue weighted by Gasteiger charge is -2.45. The van der Waals surface area contributed by atoms with Gasteiger partial charge in [0.05, 0.1) is 0 Å². The number of carbonyl (C=O) groups is 2. The summed E-state index contributed by atoms with van der Waals surface area (Å²) in [5, 5.41) is -0.980. The average Bonchev–Trinajstić information content (AvgIpc) is 2.98. The first kappa shape index (κ1) is 29.9. The molecule has 0 aliphatic heterocycles. The van der Waals surface area contributed by atoms with E-state index >= 15 is 0 Å². The number of hydrogen-bond acceptors (Lipinski definition) is 4. The maximum atomic E-state index is 11.4. The minimum absolute atomic E-state index is 0.122. The van der Waals surface area contributed by atoms with Crippen LogP contribution in [0.25, 0.3) is 0 Å². The predicted molar refractivity (Wildman–Crippen MR) is 168 cm³/mol. The number of ether oxygens (including phenoxy) is 2. The van der Waals surface area contributed by atoms with Crippen molar-refractivity contribution in [3.8, 4) is 23.0 Å². The number of carbonyl (C=O) groups excluding carboxylic acids is 2. The average molecular weight is 602 g/mol. The maximum Gasteiger partial charge on any atom is 0.252 e. The third-order valence-electron chi connectivity index (χ3n) is 8.51. The monoisotopic (exact) mass is 600 g/mol. The molecule has 216 valence electrons. The Hall–Kier alpha value is -3.60. The lowest BCUT2D eigenvalue weighted by Crippen LogP contribution is -2.36. The topological polar surface area (TPSA) is 52.6 Å². The third-order valence-corrected chi connectivity index (χ3v) is 8.95. The summed E-state index contributed by atoms with van der Waals surface area (Å²) >= 11 is 11.1. The van der Waals surface area contributed by atoms with Crippen molar-refractivity contribution in [2.24, 2.45) is 11.3 Å². The van der Waals surface area contributed by atoms with Gasteiger partial charge in [0.2, 0.25) is 0 Å². The largest absolute Gasteiger partial charge is 0.457 e. The third kappa shape index (κ3) is 6.72. The number of halogens is 2. The van der Waals surface area contributed by atoms with Crippen LogP contribution >= 0.6 is 23.2 Å². The van der Waals surface area contributed by atoms with Crippen LogP contribution in [0.2, 0.25) is 0 Å². The van der Waals surface area contributed by atoms with Crippen LogP contribution in [0.15, 0.2) is 97.1 Å². The van der Waals surface area contributed by atoms with Crippen molar-refractivity contribution in [2.45, 2.75) is 51.9 Å². The molecule has 0 atom stereocenters. The van der Waals surface area contributed by atoms with Crippen molar-refractivity contribution in [3.05, 3.63) is 119 Å². The molecule has 6 heteroatoms. The number of hydrogen-bond donors (Lipinski definition) is 0. The molecule has 0 radical (unpaired) electrons. The fourth-order valence-electron chi connectivity index (χ4n) is 5.98. The van der Waals surface area contributed by atoms with Crippen molar-refractivity contribution >= 4 is 33.7 Å². The molecule has 0 heterocycles. The van der Waals surface area contributed by atoms with Crippen LogP contribution in [0.5, 0.6) is 23.0 Å². The molecular formula is C36H34Cl2O4. The SMILES string of the molecule is CC(C)(C)C1CCC(c2ccc(Oc3ccc(C(=O)Cl)cc3)cc2)(c2ccc(Oc3ccc(C(=O)Cl)cc3)cc2)CC1. The molecular weight excluding hydrogens is 567 g/mol. The van der Waals surface area contributed by atoms with Gasteiger partial charge in [-0.2, -0.15) is 0 Å².